The molecule has 1 aromatic rings. The van der Waals surface area contributed by atoms with E-state index in [-0.39, 0.29) is 5.97 Å². The Labute approximate surface area is 108 Å². The number of carbonyl (C=O) groups excluding carboxylic acids is 1. The van der Waals surface area contributed by atoms with E-state index in [9.17, 15) is 4.79 Å². The maximum absolute atomic E-state index is 12.0. The van der Waals surface area contributed by atoms with Crippen LogP contribution in [0.5, 0.6) is 0 Å². The summed E-state index contributed by atoms with van der Waals surface area (Å²) in [5.41, 5.74) is 3.23. The minimum atomic E-state index is -0.503. The Morgan fingerprint density at radius 2 is 1.89 bits per heavy atom. The maximum atomic E-state index is 12.0. The van der Waals surface area contributed by atoms with Crippen molar-refractivity contribution in [3.05, 3.63) is 35.9 Å². The Kier molecular flexibility index (Phi) is 5.31. The third-order valence-corrected chi connectivity index (χ3v) is 2.23. The number of esters is 1. The van der Waals surface area contributed by atoms with Gasteiger partial charge in [0, 0.05) is 6.42 Å². The number of carbonyl (C=O) groups is 1. The number of rotatable bonds is 5. The molecule has 100 valence electrons. The quantitative estimate of drug-likeness (QED) is 0.643. The molecule has 0 aliphatic rings. The molecule has 0 radical (unpaired) electrons. The highest BCUT2D eigenvalue weighted by molar-refractivity contribution is 5.76. The summed E-state index contributed by atoms with van der Waals surface area (Å²) < 4.78 is 5.34. The Balaban J connectivity index is 2.68. The van der Waals surface area contributed by atoms with Crippen LogP contribution in [0, 0.1) is 0 Å². The summed E-state index contributed by atoms with van der Waals surface area (Å²) >= 11 is 0. The van der Waals surface area contributed by atoms with E-state index in [1.54, 1.807) is 0 Å². The van der Waals surface area contributed by atoms with E-state index < -0.39 is 11.6 Å². The summed E-state index contributed by atoms with van der Waals surface area (Å²) in [6.45, 7) is 5.53. The van der Waals surface area contributed by atoms with Crippen LogP contribution in [0.15, 0.2) is 30.3 Å². The van der Waals surface area contributed by atoms with Gasteiger partial charge in [0.05, 0.1) is 7.11 Å². The molecule has 0 bridgehead atoms. The Morgan fingerprint density at radius 1 is 1.28 bits per heavy atom. The first-order valence-corrected chi connectivity index (χ1v) is 5.97. The molecule has 0 spiro atoms. The first kappa shape index (κ1) is 14.7. The highest BCUT2D eigenvalue weighted by Crippen LogP contribution is 2.11. The van der Waals surface area contributed by atoms with Gasteiger partial charge >= 0.3 is 5.97 Å². The van der Waals surface area contributed by atoms with Crippen molar-refractivity contribution in [2.45, 2.75) is 38.8 Å². The second-order valence-corrected chi connectivity index (χ2v) is 5.10. The number of ether oxygens (including phenoxy) is 1. The van der Waals surface area contributed by atoms with Crippen LogP contribution in [0.2, 0.25) is 0 Å². The second-order valence-electron chi connectivity index (χ2n) is 5.10. The summed E-state index contributed by atoms with van der Waals surface area (Å²) in [4.78, 5) is 16.8. The van der Waals surface area contributed by atoms with Crippen LogP contribution in [-0.2, 0) is 20.8 Å². The predicted molar refractivity (Wildman–Crippen MR) is 69.9 cm³/mol. The number of nitrogens with one attached hydrogen (secondary N) is 1. The van der Waals surface area contributed by atoms with E-state index >= 15 is 0 Å². The zero-order valence-corrected chi connectivity index (χ0v) is 11.4. The van der Waals surface area contributed by atoms with Crippen LogP contribution in [0.4, 0.5) is 0 Å². The molecule has 0 fully saturated rings. The predicted octanol–water partition coefficient (Wildman–Crippen LogP) is 2.09. The van der Waals surface area contributed by atoms with Gasteiger partial charge in [-0.2, -0.15) is 5.48 Å². The zero-order chi connectivity index (χ0) is 13.6. The molecule has 0 aromatic heterocycles. The molecule has 0 aliphatic heterocycles. The summed E-state index contributed by atoms with van der Waals surface area (Å²) in [5, 5.41) is 0. The zero-order valence-electron chi connectivity index (χ0n) is 11.4. The topological polar surface area (TPSA) is 47.6 Å². The highest BCUT2D eigenvalue weighted by Gasteiger charge is 2.25. The van der Waals surface area contributed by atoms with Crippen molar-refractivity contribution < 1.29 is 14.4 Å². The first-order valence-electron chi connectivity index (χ1n) is 5.97. The van der Waals surface area contributed by atoms with E-state index in [1.165, 1.54) is 7.11 Å². The molecule has 4 heteroatoms. The van der Waals surface area contributed by atoms with Crippen molar-refractivity contribution in [2.24, 2.45) is 0 Å². The summed E-state index contributed by atoms with van der Waals surface area (Å²) in [7, 11) is 1.49. The van der Waals surface area contributed by atoms with E-state index in [1.807, 2.05) is 51.1 Å². The normalized spacial score (nSPS) is 13.1. The largest absolute Gasteiger partial charge is 0.459 e. The standard InChI is InChI=1S/C14H21NO3/c1-14(2,3)18-13(16)12(15-17-4)10-11-8-6-5-7-9-11/h5-9,12,15H,10H2,1-4H3/t12-/m0/s1. The van der Waals surface area contributed by atoms with Crippen LogP contribution in [0.25, 0.3) is 0 Å². The van der Waals surface area contributed by atoms with E-state index in [4.69, 9.17) is 9.57 Å². The van der Waals surface area contributed by atoms with Gasteiger partial charge in [0.1, 0.15) is 11.6 Å². The lowest BCUT2D eigenvalue weighted by Gasteiger charge is -2.24. The molecule has 0 saturated carbocycles. The maximum Gasteiger partial charge on any atom is 0.326 e. The van der Waals surface area contributed by atoms with Crippen molar-refractivity contribution in [1.29, 1.82) is 0 Å². The van der Waals surface area contributed by atoms with E-state index in [0.717, 1.165) is 5.56 Å². The molecular weight excluding hydrogens is 230 g/mol. The molecule has 18 heavy (non-hydrogen) atoms. The van der Waals surface area contributed by atoms with Gasteiger partial charge < -0.3 is 9.57 Å². The number of hydroxylamine groups is 1. The average molecular weight is 251 g/mol. The second kappa shape index (κ2) is 6.52. The van der Waals surface area contributed by atoms with Crippen molar-refractivity contribution >= 4 is 5.97 Å². The molecule has 0 amide bonds. The van der Waals surface area contributed by atoms with Crippen LogP contribution in [0.1, 0.15) is 26.3 Å². The molecule has 0 unspecified atom stereocenters. The summed E-state index contributed by atoms with van der Waals surface area (Å²) in [5.74, 6) is -0.312. The Bertz CT molecular complexity index is 370. The molecule has 0 heterocycles. The van der Waals surface area contributed by atoms with Crippen molar-refractivity contribution in [3.63, 3.8) is 0 Å². The molecule has 4 nitrogen and oxygen atoms in total. The molecule has 0 saturated heterocycles. The van der Waals surface area contributed by atoms with Gasteiger partial charge in [-0.25, -0.2) is 0 Å². The Hall–Kier alpha value is -1.39. The van der Waals surface area contributed by atoms with Gasteiger partial charge in [-0.15, -0.1) is 0 Å². The summed E-state index contributed by atoms with van der Waals surface area (Å²) in [6.07, 6.45) is 0.531. The van der Waals surface area contributed by atoms with Gasteiger partial charge in [-0.3, -0.25) is 4.79 Å². The minimum Gasteiger partial charge on any atom is -0.459 e. The fourth-order valence-corrected chi connectivity index (χ4v) is 1.54. The monoisotopic (exact) mass is 251 g/mol. The van der Waals surface area contributed by atoms with Gasteiger partial charge in [-0.05, 0) is 26.3 Å². The lowest BCUT2D eigenvalue weighted by molar-refractivity contribution is -0.161. The molecule has 0 aliphatic carbocycles. The molecule has 1 N–H and O–H groups in total. The van der Waals surface area contributed by atoms with Crippen LogP contribution in [-0.4, -0.2) is 24.7 Å². The lowest BCUT2D eigenvalue weighted by atomic mass is 10.1. The van der Waals surface area contributed by atoms with Gasteiger partial charge in [0.2, 0.25) is 0 Å². The van der Waals surface area contributed by atoms with Crippen molar-refractivity contribution in [2.75, 3.05) is 7.11 Å². The fraction of sp³-hybridized carbons (Fsp3) is 0.500. The smallest absolute Gasteiger partial charge is 0.326 e. The molecule has 1 aromatic carbocycles. The number of hydrogen-bond acceptors (Lipinski definition) is 4. The fourth-order valence-electron chi connectivity index (χ4n) is 1.54. The van der Waals surface area contributed by atoms with E-state index in [2.05, 4.69) is 5.48 Å². The van der Waals surface area contributed by atoms with E-state index in [0.29, 0.717) is 6.42 Å². The van der Waals surface area contributed by atoms with Crippen molar-refractivity contribution in [1.82, 2.24) is 5.48 Å². The Morgan fingerprint density at radius 3 is 2.39 bits per heavy atom. The SMILES string of the molecule is CON[C@@H](Cc1ccccc1)C(=O)OC(C)(C)C. The number of benzene rings is 1. The number of hydrogen-bond donors (Lipinski definition) is 1. The van der Waals surface area contributed by atoms with Gasteiger partial charge in [0.15, 0.2) is 0 Å². The van der Waals surface area contributed by atoms with Crippen LogP contribution >= 0.6 is 0 Å². The third kappa shape index (κ3) is 5.29. The van der Waals surface area contributed by atoms with Crippen molar-refractivity contribution in [3.8, 4) is 0 Å². The highest BCUT2D eigenvalue weighted by atomic mass is 16.6. The van der Waals surface area contributed by atoms with Crippen LogP contribution in [0.3, 0.4) is 0 Å². The minimum absolute atomic E-state index is 0.312. The molecule has 1 rings (SSSR count). The first-order chi connectivity index (χ1) is 8.42. The third-order valence-electron chi connectivity index (χ3n) is 2.23. The summed E-state index contributed by atoms with van der Waals surface area (Å²) in [6, 6.07) is 9.25. The van der Waals surface area contributed by atoms with Gasteiger partial charge in [-0.1, -0.05) is 30.3 Å². The molecule has 1 atom stereocenters. The lowest BCUT2D eigenvalue weighted by Crippen LogP contribution is -2.42. The molecular formula is C14H21NO3. The van der Waals surface area contributed by atoms with Crippen LogP contribution < -0.4 is 5.48 Å². The average Bonchev–Trinajstić information content (AvgIpc) is 2.27. The van der Waals surface area contributed by atoms with Gasteiger partial charge in [0.25, 0.3) is 0 Å².